The number of allylic oxidation sites excluding steroid dienone is 2. The Labute approximate surface area is 150 Å². The zero-order chi connectivity index (χ0) is 17.5. The van der Waals surface area contributed by atoms with Crippen molar-refractivity contribution in [1.82, 2.24) is 0 Å². The molecule has 25 heavy (non-hydrogen) atoms. The lowest BCUT2D eigenvalue weighted by molar-refractivity contribution is 0.172. The van der Waals surface area contributed by atoms with Gasteiger partial charge in [-0.2, -0.15) is 0 Å². The maximum absolute atomic E-state index is 4.77. The number of para-hydroxylation sites is 2. The largest absolute Gasteiger partial charge is 0.358 e. The standard InChI is InChI=1S/C23H26N2/c1-22(2)20-14-15-23(22,3)21(25-18-12-8-5-9-13-18)19(20)16-24-17-10-6-4-7-11-17/h4-13,16,20,25H,14-15H2,1-3H3. The van der Waals surface area contributed by atoms with Crippen LogP contribution < -0.4 is 5.32 Å². The predicted molar refractivity (Wildman–Crippen MR) is 106 cm³/mol. The topological polar surface area (TPSA) is 24.4 Å². The highest BCUT2D eigenvalue weighted by molar-refractivity contribution is 5.86. The molecule has 0 heterocycles. The maximum Gasteiger partial charge on any atom is 0.0629 e. The molecular formula is C23H26N2. The predicted octanol–water partition coefficient (Wildman–Crippen LogP) is 6.21. The molecule has 0 saturated heterocycles. The molecule has 0 radical (unpaired) electrons. The number of nitrogens with one attached hydrogen (secondary N) is 1. The van der Waals surface area contributed by atoms with Crippen molar-refractivity contribution >= 4 is 17.6 Å². The number of nitrogens with zero attached hydrogens (tertiary/aromatic N) is 1. The van der Waals surface area contributed by atoms with E-state index in [1.807, 2.05) is 18.2 Å². The monoisotopic (exact) mass is 330 g/mol. The van der Waals surface area contributed by atoms with Gasteiger partial charge in [-0.25, -0.2) is 0 Å². The molecule has 2 aromatic rings. The highest BCUT2D eigenvalue weighted by Gasteiger charge is 2.60. The Hall–Kier alpha value is -2.35. The molecule has 0 aromatic heterocycles. The zero-order valence-electron chi connectivity index (χ0n) is 15.3. The van der Waals surface area contributed by atoms with Gasteiger partial charge in [0.05, 0.1) is 5.69 Å². The lowest BCUT2D eigenvalue weighted by Gasteiger charge is -2.37. The van der Waals surface area contributed by atoms with Gasteiger partial charge in [-0.1, -0.05) is 57.2 Å². The molecule has 2 aromatic carbocycles. The van der Waals surface area contributed by atoms with Crippen LogP contribution in [-0.2, 0) is 0 Å². The number of anilines is 1. The van der Waals surface area contributed by atoms with Crippen LogP contribution in [0.25, 0.3) is 0 Å². The molecule has 0 aliphatic heterocycles. The van der Waals surface area contributed by atoms with Crippen LogP contribution in [0.5, 0.6) is 0 Å². The Morgan fingerprint density at radius 3 is 2.28 bits per heavy atom. The van der Waals surface area contributed by atoms with Crippen LogP contribution in [0.3, 0.4) is 0 Å². The average molecular weight is 330 g/mol. The minimum Gasteiger partial charge on any atom is -0.358 e. The molecule has 2 bridgehead atoms. The number of aliphatic imine (C=N–C) groups is 1. The average Bonchev–Trinajstić information content (AvgIpc) is 2.94. The molecule has 2 atom stereocenters. The van der Waals surface area contributed by atoms with Gasteiger partial charge in [-0.3, -0.25) is 4.99 Å². The summed E-state index contributed by atoms with van der Waals surface area (Å²) < 4.78 is 0. The Morgan fingerprint density at radius 1 is 0.960 bits per heavy atom. The van der Waals surface area contributed by atoms with Gasteiger partial charge in [-0.15, -0.1) is 0 Å². The van der Waals surface area contributed by atoms with Crippen LogP contribution in [0.1, 0.15) is 33.6 Å². The molecule has 1 fully saturated rings. The van der Waals surface area contributed by atoms with Crippen LogP contribution >= 0.6 is 0 Å². The number of hydrogen-bond acceptors (Lipinski definition) is 2. The van der Waals surface area contributed by atoms with Gasteiger partial charge in [0.2, 0.25) is 0 Å². The van der Waals surface area contributed by atoms with Crippen molar-refractivity contribution in [1.29, 1.82) is 0 Å². The highest BCUT2D eigenvalue weighted by atomic mass is 15.0. The smallest absolute Gasteiger partial charge is 0.0629 e. The lowest BCUT2D eigenvalue weighted by Crippen LogP contribution is -2.32. The molecule has 1 saturated carbocycles. The second-order valence-electron chi connectivity index (χ2n) is 8.06. The third-order valence-electron chi connectivity index (χ3n) is 6.59. The van der Waals surface area contributed by atoms with E-state index in [-0.39, 0.29) is 10.8 Å². The van der Waals surface area contributed by atoms with Gasteiger partial charge in [0.1, 0.15) is 0 Å². The Kier molecular flexibility index (Phi) is 3.79. The molecule has 2 aliphatic carbocycles. The number of rotatable bonds is 4. The minimum atomic E-state index is 0.172. The summed E-state index contributed by atoms with van der Waals surface area (Å²) in [6.07, 6.45) is 4.60. The van der Waals surface area contributed by atoms with E-state index in [9.17, 15) is 0 Å². The van der Waals surface area contributed by atoms with Gasteiger partial charge in [0.25, 0.3) is 0 Å². The van der Waals surface area contributed by atoms with Crippen molar-refractivity contribution in [2.45, 2.75) is 33.6 Å². The third kappa shape index (κ3) is 2.52. The lowest BCUT2D eigenvalue weighted by atomic mass is 9.69. The summed E-state index contributed by atoms with van der Waals surface area (Å²) in [6.45, 7) is 7.25. The number of fused-ring (bicyclic) bond motifs is 2. The zero-order valence-corrected chi connectivity index (χ0v) is 15.3. The van der Waals surface area contributed by atoms with Crippen molar-refractivity contribution in [3.63, 3.8) is 0 Å². The Morgan fingerprint density at radius 2 is 1.60 bits per heavy atom. The fourth-order valence-electron chi connectivity index (χ4n) is 4.67. The quantitative estimate of drug-likeness (QED) is 0.662. The Bertz CT molecular complexity index is 818. The van der Waals surface area contributed by atoms with E-state index in [1.165, 1.54) is 24.1 Å². The van der Waals surface area contributed by atoms with E-state index in [0.717, 1.165) is 11.4 Å². The first kappa shape index (κ1) is 16.1. The van der Waals surface area contributed by atoms with E-state index >= 15 is 0 Å². The SMILES string of the molecule is CC12CCC(C(C=Nc3ccccc3)=C1Nc1ccccc1)C2(C)C. The molecule has 1 N–H and O–H groups in total. The van der Waals surface area contributed by atoms with Crippen molar-refractivity contribution < 1.29 is 0 Å². The Balaban J connectivity index is 1.75. The number of benzene rings is 2. The summed E-state index contributed by atoms with van der Waals surface area (Å²) in [5.41, 5.74) is 5.34. The molecule has 4 rings (SSSR count). The summed E-state index contributed by atoms with van der Waals surface area (Å²) in [4.78, 5) is 4.77. The first-order valence-electron chi connectivity index (χ1n) is 9.18. The van der Waals surface area contributed by atoms with E-state index < -0.39 is 0 Å². The van der Waals surface area contributed by atoms with Gasteiger partial charge in [0, 0.05) is 23.0 Å². The van der Waals surface area contributed by atoms with Gasteiger partial charge in [0.15, 0.2) is 0 Å². The molecule has 2 heteroatoms. The fraction of sp³-hybridized carbons (Fsp3) is 0.348. The molecular weight excluding hydrogens is 304 g/mol. The molecule has 128 valence electrons. The van der Waals surface area contributed by atoms with Crippen molar-refractivity contribution in [2.24, 2.45) is 21.7 Å². The van der Waals surface area contributed by atoms with E-state index in [0.29, 0.717) is 5.92 Å². The summed E-state index contributed by atoms with van der Waals surface area (Å²) in [5, 5.41) is 3.74. The molecule has 0 amide bonds. The van der Waals surface area contributed by atoms with Crippen molar-refractivity contribution in [2.75, 3.05) is 5.32 Å². The van der Waals surface area contributed by atoms with Crippen LogP contribution in [-0.4, -0.2) is 6.21 Å². The van der Waals surface area contributed by atoms with E-state index in [4.69, 9.17) is 4.99 Å². The molecule has 0 spiro atoms. The second-order valence-corrected chi connectivity index (χ2v) is 8.06. The van der Waals surface area contributed by atoms with Crippen LogP contribution in [0.15, 0.2) is 76.9 Å². The summed E-state index contributed by atoms with van der Waals surface area (Å²) in [7, 11) is 0. The first-order chi connectivity index (χ1) is 12.0. The summed E-state index contributed by atoms with van der Waals surface area (Å²) in [6, 6.07) is 20.7. The number of hydrogen-bond donors (Lipinski definition) is 1. The van der Waals surface area contributed by atoms with Crippen LogP contribution in [0.4, 0.5) is 11.4 Å². The first-order valence-corrected chi connectivity index (χ1v) is 9.18. The third-order valence-corrected chi connectivity index (χ3v) is 6.59. The normalized spacial score (nSPS) is 27.2. The van der Waals surface area contributed by atoms with Gasteiger partial charge in [-0.05, 0) is 54.0 Å². The van der Waals surface area contributed by atoms with Gasteiger partial charge < -0.3 is 5.32 Å². The molecule has 2 aliphatic rings. The summed E-state index contributed by atoms with van der Waals surface area (Å²) >= 11 is 0. The fourth-order valence-corrected chi connectivity index (χ4v) is 4.67. The van der Waals surface area contributed by atoms with Crippen LogP contribution in [0.2, 0.25) is 0 Å². The van der Waals surface area contributed by atoms with E-state index in [1.54, 1.807) is 0 Å². The van der Waals surface area contributed by atoms with Crippen molar-refractivity contribution in [3.8, 4) is 0 Å². The molecule has 2 nitrogen and oxygen atoms in total. The maximum atomic E-state index is 4.77. The highest BCUT2D eigenvalue weighted by Crippen LogP contribution is 2.67. The minimum absolute atomic E-state index is 0.172. The van der Waals surface area contributed by atoms with Gasteiger partial charge >= 0.3 is 0 Å². The van der Waals surface area contributed by atoms with E-state index in [2.05, 4.69) is 74.8 Å². The second kappa shape index (κ2) is 5.87. The summed E-state index contributed by atoms with van der Waals surface area (Å²) in [5.74, 6) is 0.566. The van der Waals surface area contributed by atoms with Crippen LogP contribution in [0, 0.1) is 16.7 Å². The molecule has 2 unspecified atom stereocenters. The van der Waals surface area contributed by atoms with Crippen molar-refractivity contribution in [3.05, 3.63) is 71.9 Å².